The van der Waals surface area contributed by atoms with E-state index in [1.165, 1.54) is 27.3 Å². The summed E-state index contributed by atoms with van der Waals surface area (Å²) in [6.07, 6.45) is 0. The monoisotopic (exact) mass is 726 g/mol. The molecule has 0 saturated carbocycles. The summed E-state index contributed by atoms with van der Waals surface area (Å²) in [5.74, 6) is 0.696. The summed E-state index contributed by atoms with van der Waals surface area (Å²) in [6, 6.07) is 72.5. The summed E-state index contributed by atoms with van der Waals surface area (Å²) in [5.41, 5.74) is 13.6. The largest absolute Gasteiger partial charge is 0.309 e. The van der Waals surface area contributed by atoms with E-state index in [0.717, 1.165) is 72.3 Å². The lowest BCUT2D eigenvalue weighted by atomic mass is 9.97. The van der Waals surface area contributed by atoms with E-state index in [1.54, 1.807) is 0 Å². The first kappa shape index (κ1) is 32.7. The molecule has 3 heterocycles. The zero-order valence-electron chi connectivity index (χ0n) is 30.9. The maximum atomic E-state index is 5.34. The summed E-state index contributed by atoms with van der Waals surface area (Å²) in [4.78, 5) is 15.6. The van der Waals surface area contributed by atoms with Crippen LogP contribution < -0.4 is 0 Å². The number of para-hydroxylation sites is 2. The average molecular weight is 727 g/mol. The molecule has 0 aliphatic carbocycles. The molecule has 0 amide bonds. The van der Waals surface area contributed by atoms with Gasteiger partial charge < -0.3 is 4.57 Å². The van der Waals surface area contributed by atoms with Crippen LogP contribution in [-0.2, 0) is 0 Å². The lowest BCUT2D eigenvalue weighted by Crippen LogP contribution is -1.98. The molecule has 4 nitrogen and oxygen atoms in total. The maximum Gasteiger partial charge on any atom is 0.160 e. The van der Waals surface area contributed by atoms with E-state index in [2.05, 4.69) is 187 Å². The Morgan fingerprint density at radius 1 is 0.333 bits per heavy atom. The fourth-order valence-electron chi connectivity index (χ4n) is 8.27. The number of hydrogen-bond donors (Lipinski definition) is 0. The number of hydrogen-bond acceptors (Lipinski definition) is 3. The first-order valence-corrected chi connectivity index (χ1v) is 19.3. The van der Waals surface area contributed by atoms with Gasteiger partial charge in [-0.3, -0.25) is 0 Å². The molecular formula is C53H34N4. The third kappa shape index (κ3) is 5.66. The smallest absolute Gasteiger partial charge is 0.160 e. The summed E-state index contributed by atoms with van der Waals surface area (Å²) < 4.78 is 2.41. The minimum absolute atomic E-state index is 0.696. The molecular weight excluding hydrogens is 693 g/mol. The lowest BCUT2D eigenvalue weighted by Gasteiger charge is -2.15. The van der Waals surface area contributed by atoms with Crippen molar-refractivity contribution >= 4 is 43.5 Å². The summed E-state index contributed by atoms with van der Waals surface area (Å²) >= 11 is 0. The Labute approximate surface area is 330 Å². The van der Waals surface area contributed by atoms with Crippen LogP contribution in [0, 0.1) is 0 Å². The minimum Gasteiger partial charge on any atom is -0.309 e. The molecule has 0 N–H and O–H groups in total. The van der Waals surface area contributed by atoms with E-state index in [1.807, 2.05) is 24.3 Å². The van der Waals surface area contributed by atoms with Crippen molar-refractivity contribution in [3.8, 4) is 62.0 Å². The van der Waals surface area contributed by atoms with Gasteiger partial charge in [0.1, 0.15) is 0 Å². The summed E-state index contributed by atoms with van der Waals surface area (Å²) in [5, 5.41) is 5.87. The first-order chi connectivity index (χ1) is 28.3. The average Bonchev–Trinajstić information content (AvgIpc) is 3.64. The van der Waals surface area contributed by atoms with Gasteiger partial charge in [-0.05, 0) is 46.8 Å². The van der Waals surface area contributed by atoms with E-state index < -0.39 is 0 Å². The quantitative estimate of drug-likeness (QED) is 0.160. The normalized spacial score (nSPS) is 11.5. The van der Waals surface area contributed by atoms with Crippen LogP contribution in [0.4, 0.5) is 0 Å². The van der Waals surface area contributed by atoms with Gasteiger partial charge in [0, 0.05) is 49.5 Å². The third-order valence-electron chi connectivity index (χ3n) is 11.0. The lowest BCUT2D eigenvalue weighted by molar-refractivity contribution is 1.17. The van der Waals surface area contributed by atoms with Gasteiger partial charge in [0.2, 0.25) is 0 Å². The molecule has 0 aliphatic heterocycles. The van der Waals surface area contributed by atoms with Crippen molar-refractivity contribution in [1.29, 1.82) is 0 Å². The highest BCUT2D eigenvalue weighted by Gasteiger charge is 2.20. The van der Waals surface area contributed by atoms with E-state index in [-0.39, 0.29) is 0 Å². The van der Waals surface area contributed by atoms with E-state index >= 15 is 0 Å². The van der Waals surface area contributed by atoms with Crippen molar-refractivity contribution in [2.24, 2.45) is 0 Å². The Balaban J connectivity index is 1.09. The van der Waals surface area contributed by atoms with Gasteiger partial charge >= 0.3 is 0 Å². The first-order valence-electron chi connectivity index (χ1n) is 19.3. The predicted molar refractivity (Wildman–Crippen MR) is 236 cm³/mol. The maximum absolute atomic E-state index is 5.34. The van der Waals surface area contributed by atoms with Gasteiger partial charge in [0.15, 0.2) is 5.82 Å². The highest BCUT2D eigenvalue weighted by Crippen LogP contribution is 2.42. The van der Waals surface area contributed by atoms with Crippen LogP contribution in [-0.4, -0.2) is 19.5 Å². The molecule has 3 aromatic heterocycles. The Morgan fingerprint density at radius 2 is 0.842 bits per heavy atom. The van der Waals surface area contributed by atoms with Crippen molar-refractivity contribution in [2.45, 2.75) is 0 Å². The summed E-state index contributed by atoms with van der Waals surface area (Å²) in [6.45, 7) is 0. The molecule has 11 rings (SSSR count). The Bertz CT molecular complexity index is 3240. The van der Waals surface area contributed by atoms with E-state index in [9.17, 15) is 0 Å². The van der Waals surface area contributed by atoms with Gasteiger partial charge in [0.05, 0.1) is 33.6 Å². The number of pyridine rings is 1. The minimum atomic E-state index is 0.696. The van der Waals surface area contributed by atoms with Crippen molar-refractivity contribution in [1.82, 2.24) is 19.5 Å². The van der Waals surface area contributed by atoms with Crippen LogP contribution in [0.1, 0.15) is 0 Å². The second-order valence-electron chi connectivity index (χ2n) is 14.4. The molecule has 0 fully saturated rings. The Hall–Kier alpha value is -7.69. The highest BCUT2D eigenvalue weighted by molar-refractivity contribution is 6.25. The number of fused-ring (bicyclic) bond motifs is 7. The molecule has 0 saturated heterocycles. The Morgan fingerprint density at radius 3 is 1.53 bits per heavy atom. The number of nitrogens with zero attached hydrogens (tertiary/aromatic N) is 4. The van der Waals surface area contributed by atoms with E-state index in [0.29, 0.717) is 5.82 Å². The SMILES string of the molecule is c1ccc(-c2ccc(-c3cc(-c4ccc(-n5c6ccccc6c6ccc7c8ccccc8nc(-c8ccccc8)c7c65)cc4)nc(-c4ccccc4)n3)cc2)cc1. The topological polar surface area (TPSA) is 43.6 Å². The second-order valence-corrected chi connectivity index (χ2v) is 14.4. The number of benzene rings is 8. The van der Waals surface area contributed by atoms with Gasteiger partial charge in [-0.25, -0.2) is 15.0 Å². The second kappa shape index (κ2) is 13.6. The van der Waals surface area contributed by atoms with Crippen molar-refractivity contribution in [3.05, 3.63) is 206 Å². The Kier molecular flexibility index (Phi) is 7.78. The van der Waals surface area contributed by atoms with Crippen LogP contribution in [0.3, 0.4) is 0 Å². The zero-order chi connectivity index (χ0) is 37.7. The zero-order valence-corrected chi connectivity index (χ0v) is 30.9. The van der Waals surface area contributed by atoms with Crippen molar-refractivity contribution in [2.75, 3.05) is 0 Å². The standard InChI is InChI=1S/C53H34N4/c1-4-14-35(15-5-1)36-24-26-37(27-25-36)47-34-48(56-53(55-47)40-18-8-3-9-19-40)38-28-30-41(31-29-38)57-49-23-13-11-21-43(49)45-33-32-44-42-20-10-12-22-46(42)54-51(50(44)52(45)57)39-16-6-2-7-17-39/h1-34H. The third-order valence-corrected chi connectivity index (χ3v) is 11.0. The van der Waals surface area contributed by atoms with Gasteiger partial charge in [-0.2, -0.15) is 0 Å². The van der Waals surface area contributed by atoms with Gasteiger partial charge in [-0.15, -0.1) is 0 Å². The molecule has 0 atom stereocenters. The highest BCUT2D eigenvalue weighted by atomic mass is 15.0. The van der Waals surface area contributed by atoms with Crippen molar-refractivity contribution in [3.63, 3.8) is 0 Å². The van der Waals surface area contributed by atoms with Crippen LogP contribution >= 0.6 is 0 Å². The molecule has 4 heteroatoms. The van der Waals surface area contributed by atoms with Crippen LogP contribution in [0.5, 0.6) is 0 Å². The molecule has 0 aliphatic rings. The number of rotatable bonds is 6. The molecule has 11 aromatic rings. The molecule has 57 heavy (non-hydrogen) atoms. The van der Waals surface area contributed by atoms with Crippen LogP contribution in [0.25, 0.3) is 105 Å². The molecule has 0 unspecified atom stereocenters. The van der Waals surface area contributed by atoms with Gasteiger partial charge in [-0.1, -0.05) is 176 Å². The fraction of sp³-hybridized carbons (Fsp3) is 0. The fourth-order valence-corrected chi connectivity index (χ4v) is 8.27. The molecule has 8 aromatic carbocycles. The predicted octanol–water partition coefficient (Wildman–Crippen LogP) is 13.6. The summed E-state index contributed by atoms with van der Waals surface area (Å²) in [7, 11) is 0. The van der Waals surface area contributed by atoms with Crippen LogP contribution in [0.2, 0.25) is 0 Å². The van der Waals surface area contributed by atoms with Gasteiger partial charge in [0.25, 0.3) is 0 Å². The number of aromatic nitrogens is 4. The molecule has 0 radical (unpaired) electrons. The molecule has 0 spiro atoms. The molecule has 0 bridgehead atoms. The molecule has 266 valence electrons. The van der Waals surface area contributed by atoms with Crippen LogP contribution in [0.15, 0.2) is 206 Å². The van der Waals surface area contributed by atoms with E-state index in [4.69, 9.17) is 15.0 Å². The van der Waals surface area contributed by atoms with Crippen molar-refractivity contribution < 1.29 is 0 Å².